The molecule has 2 fully saturated rings. The van der Waals surface area contributed by atoms with E-state index in [-0.39, 0.29) is 30.7 Å². The molecule has 2 aliphatic rings. The number of cyclic esters (lactones) is 1. The molecule has 2 aromatic carbocycles. The summed E-state index contributed by atoms with van der Waals surface area (Å²) in [6.07, 6.45) is 1.38. The lowest BCUT2D eigenvalue weighted by atomic mass is 9.85. The summed E-state index contributed by atoms with van der Waals surface area (Å²) in [4.78, 5) is 28.2. The number of amides is 1. The number of piperidine rings is 1. The fourth-order valence-corrected chi connectivity index (χ4v) is 4.49. The van der Waals surface area contributed by atoms with Gasteiger partial charge in [-0.2, -0.15) is 0 Å². The number of ether oxygens (including phenoxy) is 3. The Balaban J connectivity index is 1.47. The number of anilines is 1. The number of halogens is 1. The molecule has 0 radical (unpaired) electrons. The highest BCUT2D eigenvalue weighted by Gasteiger charge is 2.32. The van der Waals surface area contributed by atoms with Gasteiger partial charge in [-0.25, -0.2) is 14.0 Å². The topological polar surface area (TPSA) is 68.3 Å². The molecule has 32 heavy (non-hydrogen) atoms. The van der Waals surface area contributed by atoms with Gasteiger partial charge < -0.3 is 14.2 Å². The number of benzene rings is 2. The van der Waals surface area contributed by atoms with Crippen molar-refractivity contribution in [1.82, 2.24) is 4.90 Å². The van der Waals surface area contributed by atoms with Crippen molar-refractivity contribution in [2.45, 2.75) is 18.9 Å². The quantitative estimate of drug-likeness (QED) is 0.630. The largest absolute Gasteiger partial charge is 0.497 e. The van der Waals surface area contributed by atoms with Crippen molar-refractivity contribution in [2.75, 3.05) is 45.4 Å². The predicted octanol–water partition coefficient (Wildman–Crippen LogP) is 4.03. The van der Waals surface area contributed by atoms with Gasteiger partial charge in [0.05, 0.1) is 25.8 Å². The lowest BCUT2D eigenvalue weighted by Gasteiger charge is -2.39. The van der Waals surface area contributed by atoms with E-state index in [0.717, 1.165) is 30.7 Å². The van der Waals surface area contributed by atoms with Crippen LogP contribution in [0.4, 0.5) is 14.9 Å². The highest BCUT2D eigenvalue weighted by atomic mass is 19.1. The van der Waals surface area contributed by atoms with Crippen LogP contribution in [0.25, 0.3) is 0 Å². The number of hydrogen-bond acceptors (Lipinski definition) is 6. The number of hydrogen-bond donors (Lipinski definition) is 0. The molecular weight excluding hydrogens is 415 g/mol. The van der Waals surface area contributed by atoms with Gasteiger partial charge in [0, 0.05) is 17.6 Å². The van der Waals surface area contributed by atoms with Crippen molar-refractivity contribution >= 4 is 17.7 Å². The first-order chi connectivity index (χ1) is 15.5. The van der Waals surface area contributed by atoms with Gasteiger partial charge in [0.15, 0.2) is 0 Å². The first-order valence-corrected chi connectivity index (χ1v) is 10.7. The summed E-state index contributed by atoms with van der Waals surface area (Å²) >= 11 is 0. The molecule has 1 amide bonds. The number of carbonyl (C=O) groups excluding carboxylic acids is 2. The molecule has 7 nitrogen and oxygen atoms in total. The maximum Gasteiger partial charge on any atom is 0.414 e. The predicted molar refractivity (Wildman–Crippen MR) is 116 cm³/mol. The summed E-state index contributed by atoms with van der Waals surface area (Å²) in [6.45, 7) is 1.74. The SMILES string of the molecule is COc1ccc([C@H]2[C@H](COC(=O)c3cc(N4CCOC4=O)ccc3F)CCCN2C)cc1. The maximum atomic E-state index is 14.4. The fraction of sp³-hybridized carbons (Fsp3) is 0.417. The van der Waals surface area contributed by atoms with Crippen LogP contribution in [0, 0.1) is 11.7 Å². The summed E-state index contributed by atoms with van der Waals surface area (Å²) in [5.74, 6) is -0.560. The number of methoxy groups -OCH3 is 1. The van der Waals surface area contributed by atoms with Crippen molar-refractivity contribution in [2.24, 2.45) is 5.92 Å². The lowest BCUT2D eigenvalue weighted by Crippen LogP contribution is -2.38. The van der Waals surface area contributed by atoms with Crippen LogP contribution in [0.2, 0.25) is 0 Å². The van der Waals surface area contributed by atoms with E-state index in [1.165, 1.54) is 23.1 Å². The monoisotopic (exact) mass is 442 g/mol. The van der Waals surface area contributed by atoms with E-state index in [1.54, 1.807) is 7.11 Å². The fourth-order valence-electron chi connectivity index (χ4n) is 4.49. The second-order valence-electron chi connectivity index (χ2n) is 8.13. The number of nitrogens with zero attached hydrogens (tertiary/aromatic N) is 2. The average molecular weight is 442 g/mol. The van der Waals surface area contributed by atoms with Gasteiger partial charge in [-0.15, -0.1) is 0 Å². The minimum Gasteiger partial charge on any atom is -0.497 e. The van der Waals surface area contributed by atoms with E-state index in [0.29, 0.717) is 12.2 Å². The summed E-state index contributed by atoms with van der Waals surface area (Å²) < 4.78 is 30.1. The molecule has 0 spiro atoms. The Hall–Kier alpha value is -3.13. The Labute approximate surface area is 186 Å². The zero-order valence-electron chi connectivity index (χ0n) is 18.3. The van der Waals surface area contributed by atoms with Crippen LogP contribution < -0.4 is 9.64 Å². The zero-order chi connectivity index (χ0) is 22.7. The van der Waals surface area contributed by atoms with Crippen LogP contribution in [0.5, 0.6) is 5.75 Å². The van der Waals surface area contributed by atoms with Gasteiger partial charge in [-0.3, -0.25) is 9.80 Å². The zero-order valence-corrected chi connectivity index (χ0v) is 18.3. The number of rotatable bonds is 6. The Morgan fingerprint density at radius 1 is 1.19 bits per heavy atom. The molecule has 0 N–H and O–H groups in total. The summed E-state index contributed by atoms with van der Waals surface area (Å²) in [6, 6.07) is 11.9. The van der Waals surface area contributed by atoms with Crippen LogP contribution in [-0.4, -0.2) is 57.4 Å². The van der Waals surface area contributed by atoms with Gasteiger partial charge in [0.1, 0.15) is 18.2 Å². The van der Waals surface area contributed by atoms with Crippen LogP contribution in [-0.2, 0) is 9.47 Å². The molecular formula is C24H27FN2O5. The van der Waals surface area contributed by atoms with E-state index >= 15 is 0 Å². The second-order valence-corrected chi connectivity index (χ2v) is 8.13. The summed E-state index contributed by atoms with van der Waals surface area (Å²) in [5.41, 5.74) is 1.34. The standard InChI is InChI=1S/C24H27FN2O5/c1-26-11-3-4-17(22(26)16-5-8-19(30-2)9-6-16)15-32-23(28)20-14-18(7-10-21(20)25)27-12-13-31-24(27)29/h5-10,14,17,22H,3-4,11-13,15H2,1-2H3/t17-,22-/m0/s1. The molecule has 170 valence electrons. The third kappa shape index (κ3) is 4.55. The highest BCUT2D eigenvalue weighted by molar-refractivity contribution is 5.94. The molecule has 0 aliphatic carbocycles. The van der Waals surface area contributed by atoms with E-state index in [2.05, 4.69) is 11.9 Å². The van der Waals surface area contributed by atoms with Crippen LogP contribution in [0.3, 0.4) is 0 Å². The van der Waals surface area contributed by atoms with Gasteiger partial charge in [-0.05, 0) is 62.3 Å². The third-order valence-corrected chi connectivity index (χ3v) is 6.14. The first-order valence-electron chi connectivity index (χ1n) is 10.7. The Morgan fingerprint density at radius 3 is 2.66 bits per heavy atom. The molecule has 2 saturated heterocycles. The normalized spacial score (nSPS) is 21.3. The third-order valence-electron chi connectivity index (χ3n) is 6.14. The van der Waals surface area contributed by atoms with Gasteiger partial charge >= 0.3 is 12.1 Å². The van der Waals surface area contributed by atoms with E-state index in [9.17, 15) is 14.0 Å². The number of carbonyl (C=O) groups is 2. The summed E-state index contributed by atoms with van der Waals surface area (Å²) in [5, 5.41) is 0. The van der Waals surface area contributed by atoms with Crippen molar-refractivity contribution in [1.29, 1.82) is 0 Å². The minimum atomic E-state index is -0.737. The van der Waals surface area contributed by atoms with E-state index in [4.69, 9.17) is 14.2 Å². The smallest absolute Gasteiger partial charge is 0.414 e. The Bertz CT molecular complexity index is 981. The number of likely N-dealkylation sites (tertiary alicyclic amines) is 1. The van der Waals surface area contributed by atoms with Crippen LogP contribution in [0.15, 0.2) is 42.5 Å². The van der Waals surface area contributed by atoms with E-state index in [1.807, 2.05) is 24.3 Å². The minimum absolute atomic E-state index is 0.0749. The molecule has 0 saturated carbocycles. The van der Waals surface area contributed by atoms with Crippen molar-refractivity contribution in [3.05, 3.63) is 59.4 Å². The van der Waals surface area contributed by atoms with E-state index < -0.39 is 17.9 Å². The Morgan fingerprint density at radius 2 is 1.97 bits per heavy atom. The van der Waals surface area contributed by atoms with Crippen molar-refractivity contribution in [3.63, 3.8) is 0 Å². The van der Waals surface area contributed by atoms with Crippen LogP contribution in [0.1, 0.15) is 34.8 Å². The van der Waals surface area contributed by atoms with Crippen molar-refractivity contribution in [3.8, 4) is 5.75 Å². The molecule has 0 bridgehead atoms. The molecule has 0 unspecified atom stereocenters. The average Bonchev–Trinajstić information content (AvgIpc) is 3.24. The molecule has 8 heteroatoms. The molecule has 0 aromatic heterocycles. The van der Waals surface area contributed by atoms with Crippen molar-refractivity contribution < 1.29 is 28.2 Å². The van der Waals surface area contributed by atoms with Gasteiger partial charge in [0.2, 0.25) is 0 Å². The van der Waals surface area contributed by atoms with Gasteiger partial charge in [-0.1, -0.05) is 12.1 Å². The first kappa shape index (κ1) is 22.1. The molecule has 2 heterocycles. The molecule has 2 aromatic rings. The lowest BCUT2D eigenvalue weighted by molar-refractivity contribution is 0.0232. The highest BCUT2D eigenvalue weighted by Crippen LogP contribution is 2.36. The molecule has 2 atom stereocenters. The second kappa shape index (κ2) is 9.56. The summed E-state index contributed by atoms with van der Waals surface area (Å²) in [7, 11) is 3.69. The maximum absolute atomic E-state index is 14.4. The molecule has 2 aliphatic heterocycles. The van der Waals surface area contributed by atoms with Crippen LogP contribution >= 0.6 is 0 Å². The molecule has 4 rings (SSSR count). The number of esters is 1. The van der Waals surface area contributed by atoms with Gasteiger partial charge in [0.25, 0.3) is 0 Å². The Kier molecular flexibility index (Phi) is 6.60.